The van der Waals surface area contributed by atoms with E-state index < -0.39 is 4.92 Å². The zero-order valence-electron chi connectivity index (χ0n) is 15.5. The monoisotopic (exact) mass is 425 g/mol. The Morgan fingerprint density at radius 3 is 2.61 bits per heavy atom. The molecule has 0 aromatic heterocycles. The van der Waals surface area contributed by atoms with E-state index in [4.69, 9.17) is 0 Å². The second kappa shape index (κ2) is 11.8. The molecule has 1 fully saturated rings. The van der Waals surface area contributed by atoms with E-state index >= 15 is 0 Å². The number of benzene rings is 2. The Kier molecular flexibility index (Phi) is 10.1. The second-order valence-electron chi connectivity index (χ2n) is 6.56. The fraction of sp³-hybridized carbons (Fsp3) is 0.350. The molecular formula is C20H25Cl2N3O3. The van der Waals surface area contributed by atoms with E-state index in [1.54, 1.807) is 12.1 Å². The average Bonchev–Trinajstić information content (AvgIpc) is 2.68. The van der Waals surface area contributed by atoms with Crippen molar-refractivity contribution in [1.29, 1.82) is 0 Å². The van der Waals surface area contributed by atoms with Crippen LogP contribution in [0.2, 0.25) is 0 Å². The van der Waals surface area contributed by atoms with Gasteiger partial charge in [0.05, 0.1) is 4.92 Å². The van der Waals surface area contributed by atoms with Crippen LogP contribution in [0.15, 0.2) is 54.6 Å². The molecule has 1 unspecified atom stereocenters. The lowest BCUT2D eigenvalue weighted by molar-refractivity contribution is -0.384. The third-order valence-corrected chi connectivity index (χ3v) is 4.79. The van der Waals surface area contributed by atoms with Crippen LogP contribution in [0.1, 0.15) is 22.3 Å². The average molecular weight is 426 g/mol. The Morgan fingerprint density at radius 1 is 1.14 bits per heavy atom. The first kappa shape index (κ1) is 24.0. The molecule has 28 heavy (non-hydrogen) atoms. The zero-order valence-corrected chi connectivity index (χ0v) is 17.1. The minimum Gasteiger partial charge on any atom is -0.314 e. The van der Waals surface area contributed by atoms with Crippen molar-refractivity contribution in [2.45, 2.75) is 18.9 Å². The van der Waals surface area contributed by atoms with Gasteiger partial charge in [-0.3, -0.25) is 19.8 Å². The molecule has 1 aliphatic rings. The molecule has 152 valence electrons. The van der Waals surface area contributed by atoms with E-state index in [0.29, 0.717) is 24.6 Å². The van der Waals surface area contributed by atoms with Crippen molar-refractivity contribution in [3.63, 3.8) is 0 Å². The van der Waals surface area contributed by atoms with Gasteiger partial charge in [0.2, 0.25) is 0 Å². The standard InChI is InChI=1S/C20H23N3O3.2ClH/c24-20(17-7-4-8-18(14-17)23(25)26)9-11-22-12-10-21-15-19(22)13-16-5-2-1-3-6-16;;/h1-8,14,19,21H,9-13,15H2;2*1H. The Hall–Kier alpha value is -1.99. The number of non-ortho nitro benzene ring substituents is 1. The molecule has 0 radical (unpaired) electrons. The highest BCUT2D eigenvalue weighted by molar-refractivity contribution is 5.96. The van der Waals surface area contributed by atoms with Gasteiger partial charge in [-0.25, -0.2) is 0 Å². The molecule has 0 bridgehead atoms. The number of hydrogen-bond acceptors (Lipinski definition) is 5. The summed E-state index contributed by atoms with van der Waals surface area (Å²) in [5.74, 6) is -0.0503. The van der Waals surface area contributed by atoms with Crippen molar-refractivity contribution >= 4 is 36.3 Å². The first-order valence-corrected chi connectivity index (χ1v) is 8.90. The number of carbonyl (C=O) groups is 1. The summed E-state index contributed by atoms with van der Waals surface area (Å²) in [5, 5.41) is 14.3. The summed E-state index contributed by atoms with van der Waals surface area (Å²) in [4.78, 5) is 25.2. The number of nitrogens with one attached hydrogen (secondary N) is 1. The van der Waals surface area contributed by atoms with E-state index in [-0.39, 0.29) is 36.3 Å². The largest absolute Gasteiger partial charge is 0.314 e. The summed E-state index contributed by atoms with van der Waals surface area (Å²) < 4.78 is 0. The lowest BCUT2D eigenvalue weighted by Gasteiger charge is -2.36. The Morgan fingerprint density at radius 2 is 1.89 bits per heavy atom. The van der Waals surface area contributed by atoms with Crippen LogP contribution in [0, 0.1) is 10.1 Å². The van der Waals surface area contributed by atoms with Crippen LogP contribution in [0.25, 0.3) is 0 Å². The number of carbonyl (C=O) groups excluding carboxylic acids is 1. The van der Waals surface area contributed by atoms with Crippen LogP contribution in [0.4, 0.5) is 5.69 Å². The summed E-state index contributed by atoms with van der Waals surface area (Å²) >= 11 is 0. The molecule has 1 saturated heterocycles. The van der Waals surface area contributed by atoms with E-state index in [0.717, 1.165) is 26.1 Å². The summed E-state index contributed by atoms with van der Waals surface area (Å²) in [5.41, 5.74) is 1.66. The number of nitro groups is 1. The number of nitro benzene ring substituents is 1. The lowest BCUT2D eigenvalue weighted by atomic mass is 10.0. The van der Waals surface area contributed by atoms with Crippen molar-refractivity contribution in [2.24, 2.45) is 0 Å². The number of Topliss-reactive ketones (excluding diaryl/α,β-unsaturated/α-hetero) is 1. The van der Waals surface area contributed by atoms with Gasteiger partial charge in [-0.1, -0.05) is 42.5 Å². The van der Waals surface area contributed by atoms with Gasteiger partial charge in [0.1, 0.15) is 0 Å². The Balaban J connectivity index is 0.00000196. The highest BCUT2D eigenvalue weighted by Gasteiger charge is 2.23. The maximum absolute atomic E-state index is 12.5. The van der Waals surface area contributed by atoms with Gasteiger partial charge in [-0.15, -0.1) is 24.8 Å². The van der Waals surface area contributed by atoms with Gasteiger partial charge in [0.25, 0.3) is 5.69 Å². The molecule has 1 heterocycles. The minimum absolute atomic E-state index is 0. The minimum atomic E-state index is -0.469. The molecule has 0 amide bonds. The predicted octanol–water partition coefficient (Wildman–Crippen LogP) is 3.53. The first-order chi connectivity index (χ1) is 12.6. The summed E-state index contributed by atoms with van der Waals surface area (Å²) in [6.07, 6.45) is 1.31. The molecule has 0 saturated carbocycles. The number of piperazine rings is 1. The van der Waals surface area contributed by atoms with E-state index in [1.807, 2.05) is 18.2 Å². The zero-order chi connectivity index (χ0) is 18.4. The van der Waals surface area contributed by atoms with Crippen molar-refractivity contribution < 1.29 is 9.72 Å². The van der Waals surface area contributed by atoms with Gasteiger partial charge in [0.15, 0.2) is 5.78 Å². The molecule has 6 nitrogen and oxygen atoms in total. The summed E-state index contributed by atoms with van der Waals surface area (Å²) in [7, 11) is 0. The molecule has 1 atom stereocenters. The molecule has 1 N–H and O–H groups in total. The lowest BCUT2D eigenvalue weighted by Crippen LogP contribution is -2.52. The van der Waals surface area contributed by atoms with Crippen molar-refractivity contribution in [2.75, 3.05) is 26.2 Å². The number of nitrogens with zero attached hydrogens (tertiary/aromatic N) is 2. The SMILES string of the molecule is Cl.Cl.O=C(CCN1CCNCC1Cc1ccccc1)c1cccc([N+](=O)[O-])c1. The number of rotatable bonds is 7. The molecule has 3 rings (SSSR count). The van der Waals surface area contributed by atoms with Crippen molar-refractivity contribution in [3.05, 3.63) is 75.8 Å². The molecule has 2 aromatic carbocycles. The van der Waals surface area contributed by atoms with Crippen LogP contribution in [-0.4, -0.2) is 47.8 Å². The van der Waals surface area contributed by atoms with Crippen molar-refractivity contribution in [1.82, 2.24) is 10.2 Å². The maximum atomic E-state index is 12.5. The van der Waals surface area contributed by atoms with Gasteiger partial charge >= 0.3 is 0 Å². The third-order valence-electron chi connectivity index (χ3n) is 4.79. The van der Waals surface area contributed by atoms with Crippen molar-refractivity contribution in [3.8, 4) is 0 Å². The quantitative estimate of drug-likeness (QED) is 0.417. The molecule has 2 aromatic rings. The van der Waals surface area contributed by atoms with Gasteiger partial charge in [0, 0.05) is 56.3 Å². The van der Waals surface area contributed by atoms with Crippen LogP contribution >= 0.6 is 24.8 Å². The van der Waals surface area contributed by atoms with Crippen LogP contribution in [0.5, 0.6) is 0 Å². The van der Waals surface area contributed by atoms with Crippen LogP contribution < -0.4 is 5.32 Å². The smallest absolute Gasteiger partial charge is 0.270 e. The third kappa shape index (κ3) is 6.56. The molecule has 1 aliphatic heterocycles. The molecular weight excluding hydrogens is 401 g/mol. The van der Waals surface area contributed by atoms with E-state index in [2.05, 4.69) is 22.3 Å². The fourth-order valence-electron chi connectivity index (χ4n) is 3.37. The van der Waals surface area contributed by atoms with E-state index in [9.17, 15) is 14.9 Å². The fourth-order valence-corrected chi connectivity index (χ4v) is 3.37. The molecule has 0 aliphatic carbocycles. The summed E-state index contributed by atoms with van der Waals surface area (Å²) in [6, 6.07) is 16.7. The highest BCUT2D eigenvalue weighted by Crippen LogP contribution is 2.16. The molecule has 8 heteroatoms. The van der Waals surface area contributed by atoms with E-state index in [1.165, 1.54) is 17.7 Å². The Bertz CT molecular complexity index is 774. The van der Waals surface area contributed by atoms with Gasteiger partial charge in [-0.2, -0.15) is 0 Å². The predicted molar refractivity (Wildman–Crippen MR) is 115 cm³/mol. The highest BCUT2D eigenvalue weighted by atomic mass is 35.5. The van der Waals surface area contributed by atoms with Crippen LogP contribution in [0.3, 0.4) is 0 Å². The van der Waals surface area contributed by atoms with Crippen LogP contribution in [-0.2, 0) is 6.42 Å². The molecule has 0 spiro atoms. The summed E-state index contributed by atoms with van der Waals surface area (Å²) in [6.45, 7) is 3.39. The maximum Gasteiger partial charge on any atom is 0.270 e. The normalized spacial score (nSPS) is 16.5. The van der Waals surface area contributed by atoms with Gasteiger partial charge in [-0.05, 0) is 12.0 Å². The number of halogens is 2. The second-order valence-corrected chi connectivity index (χ2v) is 6.56. The first-order valence-electron chi connectivity index (χ1n) is 8.90. The Labute approximate surface area is 177 Å². The topological polar surface area (TPSA) is 75.5 Å². The number of hydrogen-bond donors (Lipinski definition) is 1. The number of ketones is 1. The van der Waals surface area contributed by atoms with Gasteiger partial charge < -0.3 is 5.32 Å².